The van der Waals surface area contributed by atoms with Gasteiger partial charge in [-0.05, 0) is 75.3 Å². The molecule has 1 atom stereocenters. The molecule has 0 bridgehead atoms. The zero-order chi connectivity index (χ0) is 30.8. The second-order valence-corrected chi connectivity index (χ2v) is 10.3. The molecule has 0 radical (unpaired) electrons. The van der Waals surface area contributed by atoms with Crippen LogP contribution in [0.1, 0.15) is 50.3 Å². The summed E-state index contributed by atoms with van der Waals surface area (Å²) in [5.41, 5.74) is 1.06. The van der Waals surface area contributed by atoms with Gasteiger partial charge < -0.3 is 14.7 Å². The van der Waals surface area contributed by atoms with Crippen LogP contribution < -0.4 is 0 Å². The highest BCUT2D eigenvalue weighted by atomic mass is 32.1. The molecule has 6 nitrogen and oxygen atoms in total. The van der Waals surface area contributed by atoms with Crippen LogP contribution in [0, 0.1) is 6.92 Å². The van der Waals surface area contributed by atoms with Gasteiger partial charge in [-0.25, -0.2) is 4.79 Å². The number of carbonyl (C=O) groups is 2. The lowest BCUT2D eigenvalue weighted by Gasteiger charge is -2.35. The summed E-state index contributed by atoms with van der Waals surface area (Å²) < 4.78 is 44.0. The minimum Gasteiger partial charge on any atom is -0.478 e. The molecule has 1 unspecified atom stereocenters. The highest BCUT2D eigenvalue weighted by Crippen LogP contribution is 2.30. The third kappa shape index (κ3) is 15.6. The smallest absolute Gasteiger partial charge is 0.416 e. The van der Waals surface area contributed by atoms with Gasteiger partial charge in [0.25, 0.3) is 6.47 Å². The quantitative estimate of drug-likeness (QED) is 0.154. The van der Waals surface area contributed by atoms with Crippen LogP contribution in [0.3, 0.4) is 0 Å². The summed E-state index contributed by atoms with van der Waals surface area (Å²) in [6, 6.07) is 7.44. The maximum atomic E-state index is 12.8. The molecule has 1 aromatic carbocycles. The number of hydrogen-bond acceptors (Lipinski definition) is 6. The van der Waals surface area contributed by atoms with E-state index in [-0.39, 0.29) is 0 Å². The zero-order valence-electron chi connectivity index (χ0n) is 24.3. The average molecular weight is 585 g/mol. The summed E-state index contributed by atoms with van der Waals surface area (Å²) in [5.74, 6) is -0.845. The lowest BCUT2D eigenvalue weighted by Crippen LogP contribution is -2.45. The lowest BCUT2D eigenvalue weighted by molar-refractivity contribution is -0.147. The van der Waals surface area contributed by atoms with Crippen molar-refractivity contribution in [1.29, 1.82) is 0 Å². The van der Waals surface area contributed by atoms with Crippen LogP contribution in [0.25, 0.3) is 0 Å². The second kappa shape index (κ2) is 19.2. The molecule has 1 heterocycles. The van der Waals surface area contributed by atoms with Crippen LogP contribution in [0.15, 0.2) is 65.4 Å². The van der Waals surface area contributed by atoms with E-state index < -0.39 is 23.3 Å². The van der Waals surface area contributed by atoms with Crippen molar-refractivity contribution in [2.24, 2.45) is 0 Å². The van der Waals surface area contributed by atoms with Crippen molar-refractivity contribution in [3.63, 3.8) is 0 Å². The third-order valence-electron chi connectivity index (χ3n) is 6.03. The van der Waals surface area contributed by atoms with E-state index in [0.29, 0.717) is 56.6 Å². The van der Waals surface area contributed by atoms with Crippen LogP contribution in [0.5, 0.6) is 0 Å². The Hall–Kier alpha value is -2.95. The normalized spacial score (nSPS) is 12.9. The molecule has 0 saturated carbocycles. The van der Waals surface area contributed by atoms with Crippen molar-refractivity contribution in [2.45, 2.75) is 58.9 Å². The summed E-state index contributed by atoms with van der Waals surface area (Å²) in [4.78, 5) is 24.8. The van der Waals surface area contributed by atoms with Crippen LogP contribution in [0.2, 0.25) is 0 Å². The van der Waals surface area contributed by atoms with E-state index >= 15 is 0 Å². The van der Waals surface area contributed by atoms with Gasteiger partial charge >= 0.3 is 12.1 Å². The number of carbonyl (C=O) groups excluding carboxylic acids is 1. The molecule has 2 aromatic rings. The molecule has 0 spiro atoms. The Morgan fingerprint density at radius 1 is 1.20 bits per heavy atom. The molecule has 2 rings (SSSR count). The van der Waals surface area contributed by atoms with Gasteiger partial charge in [0.1, 0.15) is 5.60 Å². The van der Waals surface area contributed by atoms with E-state index in [9.17, 15) is 22.8 Å². The van der Waals surface area contributed by atoms with Crippen LogP contribution >= 0.6 is 11.3 Å². The number of alkyl halides is 3. The van der Waals surface area contributed by atoms with Crippen molar-refractivity contribution in [3.8, 4) is 0 Å². The van der Waals surface area contributed by atoms with Crippen molar-refractivity contribution in [3.05, 3.63) is 82.1 Å². The largest absolute Gasteiger partial charge is 0.478 e. The standard InChI is InChI=1S/C20H29F3N2O2.C5H8O2.C5H6S/c1-5-11-25(4)15-19(6-2,27-16-26)10-12-24(3)14-17-8-7-9-18(13-17)20(21,22)23;1-3-4(2)5(6)7;1-5-2-3-6-4-5/h5,7-9,13,16H,1,6,10-12,14-15H2,2-4H3;3H,1-2H3,(H,6,7);2-4H,1H3/b;4-3+;. The van der Waals surface area contributed by atoms with E-state index in [2.05, 4.69) is 30.3 Å². The minimum atomic E-state index is -4.35. The Kier molecular flexibility index (Phi) is 17.8. The first kappa shape index (κ1) is 37.0. The van der Waals surface area contributed by atoms with Crippen LogP contribution in [-0.4, -0.2) is 66.7 Å². The van der Waals surface area contributed by atoms with Crippen LogP contribution in [-0.2, 0) is 27.0 Å². The lowest BCUT2D eigenvalue weighted by atomic mass is 9.95. The van der Waals surface area contributed by atoms with Gasteiger partial charge in [0.2, 0.25) is 0 Å². The van der Waals surface area contributed by atoms with E-state index in [1.165, 1.54) is 17.7 Å². The van der Waals surface area contributed by atoms with Crippen LogP contribution in [0.4, 0.5) is 13.2 Å². The summed E-state index contributed by atoms with van der Waals surface area (Å²) in [6.07, 6.45) is 0.215. The number of aryl methyl sites for hydroxylation is 1. The highest BCUT2D eigenvalue weighted by Gasteiger charge is 2.32. The number of carboxylic acids is 1. The Labute approximate surface area is 240 Å². The van der Waals surface area contributed by atoms with Crippen molar-refractivity contribution in [1.82, 2.24) is 9.80 Å². The van der Waals surface area contributed by atoms with Gasteiger partial charge in [0.15, 0.2) is 0 Å². The first-order valence-electron chi connectivity index (χ1n) is 12.8. The molecule has 1 aromatic heterocycles. The van der Waals surface area contributed by atoms with E-state index in [1.807, 2.05) is 30.8 Å². The summed E-state index contributed by atoms with van der Waals surface area (Å²) in [6.45, 7) is 13.7. The number of aliphatic carboxylic acids is 1. The number of hydrogen-bond donors (Lipinski definition) is 1. The van der Waals surface area contributed by atoms with E-state index in [4.69, 9.17) is 9.84 Å². The Morgan fingerprint density at radius 2 is 1.88 bits per heavy atom. The molecule has 0 saturated heterocycles. The maximum absolute atomic E-state index is 12.8. The molecular formula is C30H43F3N2O4S. The minimum absolute atomic E-state index is 0.382. The Bertz CT molecular complexity index is 1040. The van der Waals surface area contributed by atoms with Gasteiger partial charge in [0.05, 0.1) is 5.56 Å². The number of benzene rings is 1. The van der Waals surface area contributed by atoms with Crippen molar-refractivity contribution < 1.29 is 32.6 Å². The van der Waals surface area contributed by atoms with Crippen molar-refractivity contribution in [2.75, 3.05) is 33.7 Å². The predicted octanol–water partition coefficient (Wildman–Crippen LogP) is 7.06. The molecule has 40 heavy (non-hydrogen) atoms. The number of allylic oxidation sites excluding steroid dienone is 1. The number of halogens is 3. The molecule has 224 valence electrons. The number of nitrogens with zero attached hydrogens (tertiary/aromatic N) is 2. The fourth-order valence-electron chi connectivity index (χ4n) is 3.51. The molecule has 0 aliphatic rings. The molecule has 1 N–H and O–H groups in total. The first-order valence-corrected chi connectivity index (χ1v) is 13.8. The SMILES string of the molecule is C/C=C(\C)C(=O)O.C=CCN(C)CC(CC)(CCN(C)Cc1cccc(C(F)(F)F)c1)OC=O.Cc1ccsc1. The second-order valence-electron chi connectivity index (χ2n) is 9.50. The maximum Gasteiger partial charge on any atom is 0.416 e. The van der Waals surface area contributed by atoms with E-state index in [1.54, 1.807) is 43.4 Å². The summed E-state index contributed by atoms with van der Waals surface area (Å²) >= 11 is 1.74. The number of likely N-dealkylation sites (N-methyl/N-ethyl adjacent to an activating group) is 1. The van der Waals surface area contributed by atoms with Gasteiger partial charge in [0, 0.05) is 38.2 Å². The molecule has 0 aliphatic heterocycles. The van der Waals surface area contributed by atoms with Gasteiger partial charge in [-0.1, -0.05) is 37.3 Å². The fourth-order valence-corrected chi connectivity index (χ4v) is 4.18. The predicted molar refractivity (Wildman–Crippen MR) is 156 cm³/mol. The average Bonchev–Trinajstić information content (AvgIpc) is 3.38. The zero-order valence-corrected chi connectivity index (χ0v) is 25.1. The number of thiophene rings is 1. The third-order valence-corrected chi connectivity index (χ3v) is 6.83. The molecule has 0 fully saturated rings. The van der Waals surface area contributed by atoms with Crippen molar-refractivity contribution >= 4 is 23.8 Å². The van der Waals surface area contributed by atoms with Gasteiger partial charge in [-0.3, -0.25) is 9.69 Å². The molecule has 0 amide bonds. The Morgan fingerprint density at radius 3 is 2.27 bits per heavy atom. The van der Waals surface area contributed by atoms with E-state index in [0.717, 1.165) is 6.07 Å². The van der Waals surface area contributed by atoms with Gasteiger partial charge in [-0.15, -0.1) is 6.58 Å². The fraction of sp³-hybridized carbons (Fsp3) is 0.467. The Balaban J connectivity index is 0.000000950. The number of carboxylic acid groups (broad SMARTS) is 1. The van der Waals surface area contributed by atoms with Gasteiger partial charge in [-0.2, -0.15) is 24.5 Å². The number of ether oxygens (including phenoxy) is 1. The number of rotatable bonds is 13. The first-order chi connectivity index (χ1) is 18.7. The topological polar surface area (TPSA) is 70.1 Å². The highest BCUT2D eigenvalue weighted by molar-refractivity contribution is 7.07. The molecular weight excluding hydrogens is 541 g/mol. The summed E-state index contributed by atoms with van der Waals surface area (Å²) in [7, 11) is 3.77. The summed E-state index contributed by atoms with van der Waals surface area (Å²) in [5, 5.41) is 12.3. The molecule has 0 aliphatic carbocycles. The monoisotopic (exact) mass is 584 g/mol. The molecule has 10 heteroatoms.